The number of benzene rings is 1. The zero-order chi connectivity index (χ0) is 15.3. The van der Waals surface area contributed by atoms with Crippen molar-refractivity contribution in [2.24, 2.45) is 11.3 Å². The van der Waals surface area contributed by atoms with Crippen LogP contribution < -0.4 is 4.74 Å². The molecular weight excluding hydrogens is 272 g/mol. The molecule has 0 radical (unpaired) electrons. The summed E-state index contributed by atoms with van der Waals surface area (Å²) in [5.74, 6) is 1.96. The smallest absolute Gasteiger partial charge is 0.139 e. The minimum Gasteiger partial charge on any atom is -0.497 e. The van der Waals surface area contributed by atoms with Gasteiger partial charge in [0.1, 0.15) is 11.5 Å². The van der Waals surface area contributed by atoms with Gasteiger partial charge in [0.05, 0.1) is 7.11 Å². The van der Waals surface area contributed by atoms with Crippen LogP contribution in [0.2, 0.25) is 0 Å². The molecule has 1 aromatic carbocycles. The number of carbonyl (C=O) groups is 1. The van der Waals surface area contributed by atoms with Crippen molar-refractivity contribution < 1.29 is 9.53 Å². The zero-order valence-corrected chi connectivity index (χ0v) is 13.6. The van der Waals surface area contributed by atoms with Crippen LogP contribution in [0.15, 0.2) is 23.8 Å². The summed E-state index contributed by atoms with van der Waals surface area (Å²) in [6.45, 7) is 2.23. The van der Waals surface area contributed by atoms with E-state index in [1.165, 1.54) is 17.5 Å². The van der Waals surface area contributed by atoms with Gasteiger partial charge in [-0.25, -0.2) is 0 Å². The predicted octanol–water partition coefficient (Wildman–Crippen LogP) is 4.56. The van der Waals surface area contributed by atoms with Crippen molar-refractivity contribution in [3.63, 3.8) is 0 Å². The Morgan fingerprint density at radius 3 is 2.86 bits per heavy atom. The summed E-state index contributed by atoms with van der Waals surface area (Å²) in [4.78, 5) is 12.5. The van der Waals surface area contributed by atoms with Crippen molar-refractivity contribution in [1.82, 2.24) is 0 Å². The van der Waals surface area contributed by atoms with Gasteiger partial charge in [0.2, 0.25) is 0 Å². The summed E-state index contributed by atoms with van der Waals surface area (Å²) in [5.41, 5.74) is 5.90. The van der Waals surface area contributed by atoms with E-state index in [-0.39, 0.29) is 5.41 Å². The Hall–Kier alpha value is -1.57. The number of hydrogen-bond donors (Lipinski definition) is 0. The van der Waals surface area contributed by atoms with Gasteiger partial charge in [-0.15, -0.1) is 0 Å². The number of allylic oxidation sites excluding steroid dienone is 2. The Morgan fingerprint density at radius 2 is 2.05 bits per heavy atom. The summed E-state index contributed by atoms with van der Waals surface area (Å²) in [7, 11) is 1.73. The number of fused-ring (bicyclic) bond motifs is 4. The molecule has 0 aromatic heterocycles. The summed E-state index contributed by atoms with van der Waals surface area (Å²) in [6, 6.07) is 6.50. The van der Waals surface area contributed by atoms with E-state index in [0.717, 1.165) is 44.3 Å². The molecule has 4 rings (SSSR count). The largest absolute Gasteiger partial charge is 0.497 e. The predicted molar refractivity (Wildman–Crippen MR) is 87.9 cm³/mol. The van der Waals surface area contributed by atoms with Gasteiger partial charge in [0.25, 0.3) is 0 Å². The van der Waals surface area contributed by atoms with Gasteiger partial charge in [0.15, 0.2) is 0 Å². The van der Waals surface area contributed by atoms with Crippen LogP contribution >= 0.6 is 0 Å². The van der Waals surface area contributed by atoms with Crippen molar-refractivity contribution in [1.29, 1.82) is 0 Å². The van der Waals surface area contributed by atoms with Crippen LogP contribution in [0.3, 0.4) is 0 Å². The highest BCUT2D eigenvalue weighted by Gasteiger charge is 2.48. The fourth-order valence-corrected chi connectivity index (χ4v) is 4.99. The highest BCUT2D eigenvalue weighted by molar-refractivity contribution is 5.88. The number of ether oxygens (including phenoxy) is 1. The minimum absolute atomic E-state index is 0.0823. The molecule has 0 unspecified atom stereocenters. The second-order valence-electron chi connectivity index (χ2n) is 7.31. The molecule has 0 spiro atoms. The minimum atomic E-state index is -0.0823. The molecule has 0 aliphatic heterocycles. The molecule has 2 atom stereocenters. The van der Waals surface area contributed by atoms with Gasteiger partial charge in [0, 0.05) is 11.8 Å². The van der Waals surface area contributed by atoms with Gasteiger partial charge in [-0.3, -0.25) is 4.79 Å². The summed E-state index contributed by atoms with van der Waals surface area (Å²) in [6.07, 6.45) is 7.38. The molecule has 0 heterocycles. The number of Topliss-reactive ketones (excluding diaryl/α,β-unsaturated/α-hetero) is 1. The molecule has 0 saturated heterocycles. The third-order valence-electron chi connectivity index (χ3n) is 6.31. The lowest BCUT2D eigenvalue weighted by molar-refractivity contribution is -0.133. The third kappa shape index (κ3) is 1.89. The maximum absolute atomic E-state index is 12.5. The van der Waals surface area contributed by atoms with E-state index >= 15 is 0 Å². The monoisotopic (exact) mass is 296 g/mol. The van der Waals surface area contributed by atoms with Gasteiger partial charge in [-0.1, -0.05) is 18.6 Å². The van der Waals surface area contributed by atoms with Gasteiger partial charge >= 0.3 is 0 Å². The van der Waals surface area contributed by atoms with Crippen molar-refractivity contribution in [2.75, 3.05) is 7.11 Å². The Morgan fingerprint density at radius 1 is 1.18 bits per heavy atom. The molecule has 0 N–H and O–H groups in total. The number of methoxy groups -OCH3 is 1. The molecule has 0 bridgehead atoms. The molecule has 3 aliphatic carbocycles. The zero-order valence-electron chi connectivity index (χ0n) is 13.6. The topological polar surface area (TPSA) is 26.3 Å². The molecule has 1 fully saturated rings. The van der Waals surface area contributed by atoms with E-state index in [1.54, 1.807) is 18.3 Å². The number of hydrogen-bond acceptors (Lipinski definition) is 2. The number of rotatable bonds is 1. The van der Waals surface area contributed by atoms with Gasteiger partial charge < -0.3 is 4.74 Å². The molecule has 0 amide bonds. The van der Waals surface area contributed by atoms with Crippen molar-refractivity contribution in [3.8, 4) is 5.75 Å². The van der Waals surface area contributed by atoms with E-state index in [1.807, 2.05) is 0 Å². The molecule has 1 saturated carbocycles. The fourth-order valence-electron chi connectivity index (χ4n) is 4.99. The first-order valence-corrected chi connectivity index (χ1v) is 8.56. The van der Waals surface area contributed by atoms with Crippen LogP contribution in [0.5, 0.6) is 5.75 Å². The quantitative estimate of drug-likeness (QED) is 0.759. The van der Waals surface area contributed by atoms with Gasteiger partial charge in [-0.05, 0) is 73.3 Å². The Kier molecular flexibility index (Phi) is 3.18. The van der Waals surface area contributed by atoms with Crippen molar-refractivity contribution in [2.45, 2.75) is 51.9 Å². The molecule has 1 aromatic rings. The van der Waals surface area contributed by atoms with E-state index in [0.29, 0.717) is 11.7 Å². The first-order chi connectivity index (χ1) is 10.6. The average Bonchev–Trinajstić information content (AvgIpc) is 2.55. The lowest BCUT2D eigenvalue weighted by Crippen LogP contribution is -2.43. The summed E-state index contributed by atoms with van der Waals surface area (Å²) >= 11 is 0. The van der Waals surface area contributed by atoms with Crippen LogP contribution in [-0.2, 0) is 11.2 Å². The van der Waals surface area contributed by atoms with Crippen molar-refractivity contribution in [3.05, 3.63) is 34.9 Å². The Labute approximate surface area is 132 Å². The SMILES string of the molecule is COc1ccc2c(c1)CCC1=C2CC[C@]2(C)C(=O)CCC[C@H]12. The number of ketones is 1. The highest BCUT2D eigenvalue weighted by atomic mass is 16.5. The molecule has 2 nitrogen and oxygen atoms in total. The Bertz CT molecular complexity index is 670. The maximum Gasteiger partial charge on any atom is 0.139 e. The van der Waals surface area contributed by atoms with E-state index in [2.05, 4.69) is 25.1 Å². The standard InChI is InChI=1S/C20H24O2/c1-20-11-10-16-15-9-7-14(22-2)12-13(15)6-8-17(16)18(20)4-3-5-19(20)21/h7,9,12,18H,3-6,8,10-11H2,1-2H3/t18-,20+/m1/s1. The molecule has 22 heavy (non-hydrogen) atoms. The molecule has 2 heteroatoms. The highest BCUT2D eigenvalue weighted by Crippen LogP contribution is 2.55. The second-order valence-corrected chi connectivity index (χ2v) is 7.31. The Balaban J connectivity index is 1.80. The second kappa shape index (κ2) is 4.97. The number of aryl methyl sites for hydroxylation is 1. The van der Waals surface area contributed by atoms with Crippen LogP contribution in [0.25, 0.3) is 5.57 Å². The van der Waals surface area contributed by atoms with Crippen LogP contribution in [-0.4, -0.2) is 12.9 Å². The molecule has 3 aliphatic rings. The van der Waals surface area contributed by atoms with E-state index in [4.69, 9.17) is 4.74 Å². The summed E-state index contributed by atoms with van der Waals surface area (Å²) < 4.78 is 5.37. The van der Waals surface area contributed by atoms with Gasteiger partial charge in [-0.2, -0.15) is 0 Å². The van der Waals surface area contributed by atoms with Crippen LogP contribution in [0, 0.1) is 11.3 Å². The normalized spacial score (nSPS) is 30.5. The maximum atomic E-state index is 12.5. The average molecular weight is 296 g/mol. The van der Waals surface area contributed by atoms with Crippen LogP contribution in [0.4, 0.5) is 0 Å². The lowest BCUT2D eigenvalue weighted by Gasteiger charge is -2.47. The molecular formula is C20H24O2. The fraction of sp³-hybridized carbons (Fsp3) is 0.550. The van der Waals surface area contributed by atoms with Crippen LogP contribution in [0.1, 0.15) is 56.6 Å². The lowest BCUT2D eigenvalue weighted by atomic mass is 9.56. The van der Waals surface area contributed by atoms with E-state index in [9.17, 15) is 4.79 Å². The number of carbonyl (C=O) groups excluding carboxylic acids is 1. The summed E-state index contributed by atoms with van der Waals surface area (Å²) in [5, 5.41) is 0. The molecule has 116 valence electrons. The van der Waals surface area contributed by atoms with Crippen molar-refractivity contribution >= 4 is 11.4 Å². The first kappa shape index (κ1) is 14.0. The van der Waals surface area contributed by atoms with E-state index < -0.39 is 0 Å². The first-order valence-electron chi connectivity index (χ1n) is 8.56. The third-order valence-corrected chi connectivity index (χ3v) is 6.31.